The van der Waals surface area contributed by atoms with E-state index in [-0.39, 0.29) is 17.5 Å². The molecule has 0 saturated carbocycles. The van der Waals surface area contributed by atoms with Crippen molar-refractivity contribution in [3.63, 3.8) is 0 Å². The van der Waals surface area contributed by atoms with E-state index in [2.05, 4.69) is 11.0 Å². The molecule has 3 aromatic rings. The van der Waals surface area contributed by atoms with E-state index in [4.69, 9.17) is 9.15 Å². The number of methoxy groups -OCH3 is 1. The predicted octanol–water partition coefficient (Wildman–Crippen LogP) is 4.06. The maximum atomic E-state index is 12.8. The van der Waals surface area contributed by atoms with E-state index < -0.39 is 0 Å². The van der Waals surface area contributed by atoms with Crippen molar-refractivity contribution >= 4 is 16.9 Å². The monoisotopic (exact) mass is 422 g/mol. The number of aromatic nitrogens is 1. The van der Waals surface area contributed by atoms with Crippen molar-refractivity contribution in [1.82, 2.24) is 9.47 Å². The van der Waals surface area contributed by atoms with Gasteiger partial charge in [-0.1, -0.05) is 6.07 Å². The first-order valence-electron chi connectivity index (χ1n) is 11.0. The third-order valence-corrected chi connectivity index (χ3v) is 6.38. The van der Waals surface area contributed by atoms with Crippen LogP contribution < -0.4 is 10.5 Å². The molecule has 0 radical (unpaired) electrons. The highest BCUT2D eigenvalue weighted by Crippen LogP contribution is 2.23. The van der Waals surface area contributed by atoms with Crippen molar-refractivity contribution in [2.24, 2.45) is 13.0 Å². The Kier molecular flexibility index (Phi) is 6.56. The average Bonchev–Trinajstić information content (AvgIpc) is 3.09. The summed E-state index contributed by atoms with van der Waals surface area (Å²) in [6, 6.07) is 13.5. The van der Waals surface area contributed by atoms with Crippen LogP contribution in [-0.4, -0.2) is 42.0 Å². The Morgan fingerprint density at radius 2 is 1.84 bits per heavy atom. The third-order valence-electron chi connectivity index (χ3n) is 6.38. The highest BCUT2D eigenvalue weighted by atomic mass is 16.5. The lowest BCUT2D eigenvalue weighted by Crippen LogP contribution is -2.36. The van der Waals surface area contributed by atoms with Crippen molar-refractivity contribution in [2.45, 2.75) is 32.1 Å². The Morgan fingerprint density at radius 3 is 2.55 bits per heavy atom. The molecule has 2 aromatic carbocycles. The number of fused-ring (bicyclic) bond motifs is 1. The minimum Gasteiger partial charge on any atom is -0.497 e. The first-order valence-corrected chi connectivity index (χ1v) is 11.0. The second-order valence-electron chi connectivity index (χ2n) is 8.39. The van der Waals surface area contributed by atoms with Crippen LogP contribution in [0.4, 0.5) is 0 Å². The summed E-state index contributed by atoms with van der Waals surface area (Å²) in [6.07, 6.45) is 5.03. The molecule has 1 aromatic heterocycles. The molecule has 1 fully saturated rings. The minimum absolute atomic E-state index is 0.122. The van der Waals surface area contributed by atoms with Gasteiger partial charge in [0.25, 0.3) is 0 Å². The van der Waals surface area contributed by atoms with Crippen LogP contribution in [-0.2, 0) is 13.5 Å². The van der Waals surface area contributed by atoms with Crippen molar-refractivity contribution in [2.75, 3.05) is 26.7 Å². The molecular weight excluding hydrogens is 392 g/mol. The average molecular weight is 423 g/mol. The summed E-state index contributed by atoms with van der Waals surface area (Å²) < 4.78 is 12.0. The standard InChI is InChI=1S/C25H30N2O4/c1-26-22-11-6-18(17-23(22)31-25(26)29)5-3-4-14-27-15-12-20(13-16-27)24(28)19-7-9-21(30-2)10-8-19/h6-11,17,20H,3-5,12-16H2,1-2H3. The molecule has 0 unspecified atom stereocenters. The van der Waals surface area contributed by atoms with Gasteiger partial charge < -0.3 is 14.1 Å². The molecule has 164 valence electrons. The fourth-order valence-electron chi connectivity index (χ4n) is 4.41. The molecular formula is C25H30N2O4. The quantitative estimate of drug-likeness (QED) is 0.405. The SMILES string of the molecule is COc1ccc(C(=O)C2CCN(CCCCc3ccc4c(c3)oc(=O)n4C)CC2)cc1. The fourth-order valence-corrected chi connectivity index (χ4v) is 4.41. The molecule has 0 spiro atoms. The van der Waals surface area contributed by atoms with Crippen molar-refractivity contribution < 1.29 is 13.9 Å². The van der Waals surface area contributed by atoms with Gasteiger partial charge in [-0.05, 0) is 93.7 Å². The lowest BCUT2D eigenvalue weighted by Gasteiger charge is -2.31. The summed E-state index contributed by atoms with van der Waals surface area (Å²) in [5.74, 6) is 0.836. The number of rotatable bonds is 8. The number of oxazole rings is 1. The summed E-state index contributed by atoms with van der Waals surface area (Å²) >= 11 is 0. The van der Waals surface area contributed by atoms with Crippen LogP contribution in [0.25, 0.3) is 11.1 Å². The maximum Gasteiger partial charge on any atom is 0.419 e. The number of piperidine rings is 1. The number of carbonyl (C=O) groups excluding carboxylic acids is 1. The molecule has 1 saturated heterocycles. The zero-order valence-corrected chi connectivity index (χ0v) is 18.3. The summed E-state index contributed by atoms with van der Waals surface area (Å²) in [5, 5.41) is 0. The Hall–Kier alpha value is -2.86. The molecule has 0 amide bonds. The van der Waals surface area contributed by atoms with Gasteiger partial charge in [-0.15, -0.1) is 0 Å². The van der Waals surface area contributed by atoms with Gasteiger partial charge in [-0.3, -0.25) is 9.36 Å². The molecule has 0 bridgehead atoms. The lowest BCUT2D eigenvalue weighted by molar-refractivity contribution is 0.0839. The summed E-state index contributed by atoms with van der Waals surface area (Å²) in [7, 11) is 3.36. The fraction of sp³-hybridized carbons (Fsp3) is 0.440. The van der Waals surface area contributed by atoms with Gasteiger partial charge in [0, 0.05) is 18.5 Å². The molecule has 0 N–H and O–H groups in total. The molecule has 1 aliphatic rings. The first-order chi connectivity index (χ1) is 15.0. The van der Waals surface area contributed by atoms with E-state index >= 15 is 0 Å². The van der Waals surface area contributed by atoms with Crippen molar-refractivity contribution in [3.05, 3.63) is 64.1 Å². The van der Waals surface area contributed by atoms with Crippen LogP contribution in [0.3, 0.4) is 0 Å². The highest BCUT2D eigenvalue weighted by molar-refractivity contribution is 5.98. The molecule has 1 aliphatic heterocycles. The van der Waals surface area contributed by atoms with Crippen LogP contribution >= 0.6 is 0 Å². The van der Waals surface area contributed by atoms with Crippen LogP contribution in [0.15, 0.2) is 51.7 Å². The van der Waals surface area contributed by atoms with Gasteiger partial charge in [0.15, 0.2) is 11.4 Å². The Morgan fingerprint density at radius 1 is 1.10 bits per heavy atom. The molecule has 31 heavy (non-hydrogen) atoms. The van der Waals surface area contributed by atoms with Crippen LogP contribution in [0, 0.1) is 5.92 Å². The van der Waals surface area contributed by atoms with Gasteiger partial charge in [0.05, 0.1) is 12.6 Å². The van der Waals surface area contributed by atoms with Gasteiger partial charge in [0.2, 0.25) is 0 Å². The number of ether oxygens (including phenoxy) is 1. The van der Waals surface area contributed by atoms with E-state index in [0.717, 1.165) is 68.6 Å². The van der Waals surface area contributed by atoms with Gasteiger partial charge >= 0.3 is 5.76 Å². The van der Waals surface area contributed by atoms with Gasteiger partial charge in [-0.2, -0.15) is 0 Å². The smallest absolute Gasteiger partial charge is 0.419 e. The highest BCUT2D eigenvalue weighted by Gasteiger charge is 2.25. The zero-order valence-electron chi connectivity index (χ0n) is 18.3. The van der Waals surface area contributed by atoms with Gasteiger partial charge in [0.1, 0.15) is 5.75 Å². The second-order valence-corrected chi connectivity index (χ2v) is 8.39. The number of benzene rings is 2. The third kappa shape index (κ3) is 4.90. The molecule has 6 nitrogen and oxygen atoms in total. The Labute approximate surface area is 182 Å². The number of unbranched alkanes of at least 4 members (excludes halogenated alkanes) is 1. The number of nitrogens with zero attached hydrogens (tertiary/aromatic N) is 2. The Balaban J connectivity index is 1.20. The van der Waals surface area contributed by atoms with E-state index in [1.807, 2.05) is 36.4 Å². The number of hydrogen-bond donors (Lipinski definition) is 0. The zero-order chi connectivity index (χ0) is 21.8. The number of carbonyl (C=O) groups is 1. The maximum absolute atomic E-state index is 12.8. The number of likely N-dealkylation sites (tertiary alicyclic amines) is 1. The normalized spacial score (nSPS) is 15.4. The summed E-state index contributed by atoms with van der Waals surface area (Å²) in [5.41, 5.74) is 3.48. The number of aryl methyl sites for hydroxylation is 2. The van der Waals surface area contributed by atoms with Crippen molar-refractivity contribution in [3.8, 4) is 5.75 Å². The second kappa shape index (κ2) is 9.52. The number of hydrogen-bond acceptors (Lipinski definition) is 5. The van der Waals surface area contributed by atoms with E-state index in [1.54, 1.807) is 14.2 Å². The van der Waals surface area contributed by atoms with Crippen LogP contribution in [0.5, 0.6) is 5.75 Å². The Bertz CT molecular complexity index is 1090. The molecule has 2 heterocycles. The van der Waals surface area contributed by atoms with Gasteiger partial charge in [-0.25, -0.2) is 4.79 Å². The van der Waals surface area contributed by atoms with E-state index in [0.29, 0.717) is 5.58 Å². The number of ketones is 1. The molecule has 0 atom stereocenters. The molecule has 4 rings (SSSR count). The van der Waals surface area contributed by atoms with Crippen molar-refractivity contribution in [1.29, 1.82) is 0 Å². The van der Waals surface area contributed by atoms with E-state index in [9.17, 15) is 9.59 Å². The van der Waals surface area contributed by atoms with Crippen LogP contribution in [0.1, 0.15) is 41.6 Å². The first kappa shape index (κ1) is 21.4. The van der Waals surface area contributed by atoms with Crippen LogP contribution in [0.2, 0.25) is 0 Å². The minimum atomic E-state index is -0.318. The summed E-state index contributed by atoms with van der Waals surface area (Å²) in [4.78, 5) is 26.8. The largest absolute Gasteiger partial charge is 0.497 e. The molecule has 0 aliphatic carbocycles. The lowest BCUT2D eigenvalue weighted by atomic mass is 9.89. The topological polar surface area (TPSA) is 64.7 Å². The summed E-state index contributed by atoms with van der Waals surface area (Å²) in [6.45, 7) is 3.02. The van der Waals surface area contributed by atoms with E-state index in [1.165, 1.54) is 10.1 Å². The number of Topliss-reactive ketones (excluding diaryl/α,β-unsaturated/α-hetero) is 1. The molecule has 6 heteroatoms. The predicted molar refractivity (Wildman–Crippen MR) is 121 cm³/mol.